The molecule has 1 aromatic rings. The Kier molecular flexibility index (Phi) is 3.42. The van der Waals surface area contributed by atoms with E-state index in [2.05, 4.69) is 9.98 Å². The van der Waals surface area contributed by atoms with Crippen LogP contribution in [0, 0.1) is 0 Å². The number of nitrogens with two attached hydrogens (primary N) is 1. The summed E-state index contributed by atoms with van der Waals surface area (Å²) in [6, 6.07) is 3.48. The zero-order valence-electron chi connectivity index (χ0n) is 11.4. The minimum atomic E-state index is -0.528. The molecule has 1 aliphatic heterocycles. The Morgan fingerprint density at radius 3 is 2.74 bits per heavy atom. The van der Waals surface area contributed by atoms with Crippen LogP contribution in [0.2, 0.25) is 0 Å². The molecule has 6 nitrogen and oxygen atoms in total. The number of aliphatic imine (C=N–C) groups is 1. The molecule has 1 aliphatic rings. The predicted octanol–water partition coefficient (Wildman–Crippen LogP) is 1.66. The van der Waals surface area contributed by atoms with E-state index in [0.717, 1.165) is 0 Å². The van der Waals surface area contributed by atoms with Crippen LogP contribution in [0.25, 0.3) is 0 Å². The van der Waals surface area contributed by atoms with Crippen molar-refractivity contribution in [3.63, 3.8) is 0 Å². The summed E-state index contributed by atoms with van der Waals surface area (Å²) in [5.41, 5.74) is 6.26. The zero-order chi connectivity index (χ0) is 14.0. The predicted molar refractivity (Wildman–Crippen MR) is 73.0 cm³/mol. The number of pyridine rings is 1. The van der Waals surface area contributed by atoms with Crippen molar-refractivity contribution in [2.24, 2.45) is 4.99 Å². The Morgan fingerprint density at radius 2 is 2.16 bits per heavy atom. The van der Waals surface area contributed by atoms with Crippen molar-refractivity contribution in [2.75, 3.05) is 18.8 Å². The number of hydrogen-bond donors (Lipinski definition) is 1. The van der Waals surface area contributed by atoms with Gasteiger partial charge in [0.2, 0.25) is 0 Å². The first-order valence-electron chi connectivity index (χ1n) is 6.14. The standard InChI is InChI=1S/C13H18N4O2/c1-13(2,3)19-12(18)17-7-6-15-11(17)10-5-4-9(14)8-16-10/h4-5,8H,6-7,14H2,1-3H3. The maximum absolute atomic E-state index is 12.1. The Balaban J connectivity index is 2.17. The van der Waals surface area contributed by atoms with E-state index in [9.17, 15) is 4.79 Å². The van der Waals surface area contributed by atoms with Gasteiger partial charge < -0.3 is 10.5 Å². The Hall–Kier alpha value is -2.11. The minimum absolute atomic E-state index is 0.401. The molecule has 0 saturated carbocycles. The monoisotopic (exact) mass is 262 g/mol. The molecule has 2 N–H and O–H groups in total. The summed E-state index contributed by atoms with van der Waals surface area (Å²) >= 11 is 0. The third-order valence-corrected chi connectivity index (χ3v) is 2.47. The van der Waals surface area contributed by atoms with Crippen LogP contribution in [0.5, 0.6) is 0 Å². The molecular weight excluding hydrogens is 244 g/mol. The van der Waals surface area contributed by atoms with E-state index in [4.69, 9.17) is 10.5 Å². The van der Waals surface area contributed by atoms with Crippen molar-refractivity contribution in [1.29, 1.82) is 0 Å². The number of amidine groups is 1. The molecule has 0 radical (unpaired) electrons. The highest BCUT2D eigenvalue weighted by molar-refractivity contribution is 6.06. The van der Waals surface area contributed by atoms with Crippen LogP contribution in [0.3, 0.4) is 0 Å². The molecule has 1 amide bonds. The van der Waals surface area contributed by atoms with E-state index in [-0.39, 0.29) is 0 Å². The normalized spacial score (nSPS) is 15.3. The molecule has 6 heteroatoms. The lowest BCUT2D eigenvalue weighted by atomic mass is 10.2. The van der Waals surface area contributed by atoms with Gasteiger partial charge in [-0.2, -0.15) is 0 Å². The maximum atomic E-state index is 12.1. The van der Waals surface area contributed by atoms with Crippen molar-refractivity contribution < 1.29 is 9.53 Å². The number of aromatic nitrogens is 1. The Bertz CT molecular complexity index is 502. The van der Waals surface area contributed by atoms with Gasteiger partial charge in [0.25, 0.3) is 0 Å². The van der Waals surface area contributed by atoms with E-state index >= 15 is 0 Å². The highest BCUT2D eigenvalue weighted by Gasteiger charge is 2.29. The van der Waals surface area contributed by atoms with Crippen molar-refractivity contribution in [1.82, 2.24) is 9.88 Å². The van der Waals surface area contributed by atoms with Gasteiger partial charge in [0.05, 0.1) is 25.0 Å². The Morgan fingerprint density at radius 1 is 1.42 bits per heavy atom. The van der Waals surface area contributed by atoms with Gasteiger partial charge in [0, 0.05) is 0 Å². The first-order chi connectivity index (χ1) is 8.87. The topological polar surface area (TPSA) is 80.8 Å². The number of ether oxygens (including phenoxy) is 1. The number of rotatable bonds is 1. The van der Waals surface area contributed by atoms with Crippen LogP contribution in [0.15, 0.2) is 23.3 Å². The average Bonchev–Trinajstić information content (AvgIpc) is 2.76. The number of hydrogen-bond acceptors (Lipinski definition) is 5. The first-order valence-corrected chi connectivity index (χ1v) is 6.14. The van der Waals surface area contributed by atoms with Crippen molar-refractivity contribution >= 4 is 17.6 Å². The fourth-order valence-electron chi connectivity index (χ4n) is 1.70. The lowest BCUT2D eigenvalue weighted by molar-refractivity contribution is 0.0384. The van der Waals surface area contributed by atoms with Gasteiger partial charge in [-0.1, -0.05) is 0 Å². The summed E-state index contributed by atoms with van der Waals surface area (Å²) in [6.45, 7) is 6.56. The van der Waals surface area contributed by atoms with Gasteiger partial charge in [-0.25, -0.2) is 4.79 Å². The molecule has 0 saturated heterocycles. The molecule has 1 aromatic heterocycles. The fraction of sp³-hybridized carbons (Fsp3) is 0.462. The van der Waals surface area contributed by atoms with Crippen LogP contribution in [0.1, 0.15) is 26.5 Å². The average molecular weight is 262 g/mol. The lowest BCUT2D eigenvalue weighted by Crippen LogP contribution is -2.39. The number of nitrogens with zero attached hydrogens (tertiary/aromatic N) is 3. The number of carbonyl (C=O) groups excluding carboxylic acids is 1. The van der Waals surface area contributed by atoms with Gasteiger partial charge >= 0.3 is 6.09 Å². The van der Waals surface area contributed by atoms with E-state index in [1.165, 1.54) is 4.90 Å². The molecule has 0 unspecified atom stereocenters. The van der Waals surface area contributed by atoms with Gasteiger partial charge in [-0.15, -0.1) is 0 Å². The van der Waals surface area contributed by atoms with E-state index in [1.54, 1.807) is 18.3 Å². The van der Waals surface area contributed by atoms with Crippen molar-refractivity contribution in [3.8, 4) is 0 Å². The second kappa shape index (κ2) is 4.87. The van der Waals surface area contributed by atoms with Gasteiger partial charge in [-0.3, -0.25) is 14.9 Å². The largest absolute Gasteiger partial charge is 0.443 e. The molecule has 0 aromatic carbocycles. The molecule has 0 bridgehead atoms. The van der Waals surface area contributed by atoms with Gasteiger partial charge in [0.15, 0.2) is 5.84 Å². The van der Waals surface area contributed by atoms with E-state index in [0.29, 0.717) is 30.3 Å². The van der Waals surface area contributed by atoms with Crippen LogP contribution < -0.4 is 5.73 Å². The second-order valence-electron chi connectivity index (χ2n) is 5.31. The van der Waals surface area contributed by atoms with Crippen LogP contribution in [-0.2, 0) is 4.74 Å². The molecule has 2 rings (SSSR count). The van der Waals surface area contributed by atoms with Gasteiger partial charge in [-0.05, 0) is 32.9 Å². The van der Waals surface area contributed by atoms with Crippen LogP contribution in [0.4, 0.5) is 10.5 Å². The number of carbonyl (C=O) groups is 1. The van der Waals surface area contributed by atoms with Crippen molar-refractivity contribution in [2.45, 2.75) is 26.4 Å². The van der Waals surface area contributed by atoms with Crippen LogP contribution >= 0.6 is 0 Å². The molecule has 102 valence electrons. The maximum Gasteiger partial charge on any atom is 0.416 e. The Labute approximate surface area is 112 Å². The lowest BCUT2D eigenvalue weighted by Gasteiger charge is -2.24. The highest BCUT2D eigenvalue weighted by atomic mass is 16.6. The molecule has 0 spiro atoms. The molecule has 0 atom stereocenters. The zero-order valence-corrected chi connectivity index (χ0v) is 11.4. The fourth-order valence-corrected chi connectivity index (χ4v) is 1.70. The molecule has 2 heterocycles. The smallest absolute Gasteiger partial charge is 0.416 e. The summed E-state index contributed by atoms with van der Waals surface area (Å²) < 4.78 is 5.35. The summed E-state index contributed by atoms with van der Waals surface area (Å²) in [5.74, 6) is 0.536. The number of nitrogen functional groups attached to an aromatic ring is 1. The summed E-state index contributed by atoms with van der Waals surface area (Å²) in [6.07, 6.45) is 1.14. The third kappa shape index (κ3) is 3.21. The summed E-state index contributed by atoms with van der Waals surface area (Å²) in [7, 11) is 0. The number of anilines is 1. The summed E-state index contributed by atoms with van der Waals surface area (Å²) in [5, 5.41) is 0. The molecule has 19 heavy (non-hydrogen) atoms. The van der Waals surface area contributed by atoms with Crippen molar-refractivity contribution in [3.05, 3.63) is 24.0 Å². The first kappa shape index (κ1) is 13.3. The summed E-state index contributed by atoms with van der Waals surface area (Å²) in [4.78, 5) is 22.1. The van der Waals surface area contributed by atoms with E-state index < -0.39 is 11.7 Å². The second-order valence-corrected chi connectivity index (χ2v) is 5.31. The molecule has 0 aliphatic carbocycles. The highest BCUT2D eigenvalue weighted by Crippen LogP contribution is 2.15. The quantitative estimate of drug-likeness (QED) is 0.834. The van der Waals surface area contributed by atoms with Gasteiger partial charge in [0.1, 0.15) is 11.3 Å². The molecule has 0 fully saturated rings. The van der Waals surface area contributed by atoms with Crippen LogP contribution in [-0.4, -0.2) is 40.5 Å². The third-order valence-electron chi connectivity index (χ3n) is 2.47. The molecular formula is C13H18N4O2. The minimum Gasteiger partial charge on any atom is -0.443 e. The number of amides is 1. The van der Waals surface area contributed by atoms with E-state index in [1.807, 2.05) is 20.8 Å². The SMILES string of the molecule is CC(C)(C)OC(=O)N1CCN=C1c1ccc(N)cn1.